The highest BCUT2D eigenvalue weighted by Crippen LogP contribution is 2.26. The van der Waals surface area contributed by atoms with Crippen molar-refractivity contribution in [3.8, 4) is 17.3 Å². The van der Waals surface area contributed by atoms with Crippen LogP contribution in [-0.4, -0.2) is 25.4 Å². The maximum atomic E-state index is 13.2. The summed E-state index contributed by atoms with van der Waals surface area (Å²) in [6.07, 6.45) is 1.03. The van der Waals surface area contributed by atoms with Crippen LogP contribution >= 0.6 is 0 Å². The van der Waals surface area contributed by atoms with Crippen molar-refractivity contribution in [3.63, 3.8) is 0 Å². The first-order chi connectivity index (χ1) is 15.5. The van der Waals surface area contributed by atoms with E-state index in [0.29, 0.717) is 11.4 Å². The first kappa shape index (κ1) is 20.5. The summed E-state index contributed by atoms with van der Waals surface area (Å²) in [5, 5.41) is 22.1. The molecule has 0 aliphatic carbocycles. The predicted octanol–water partition coefficient (Wildman–Crippen LogP) is 3.35. The number of aliphatic imine (C=N–C) groups is 1. The number of hydrogen-bond donors (Lipinski definition) is 1. The molecule has 0 unspecified atom stereocenters. The molecule has 0 aliphatic rings. The minimum Gasteiger partial charge on any atom is -0.493 e. The van der Waals surface area contributed by atoms with Crippen molar-refractivity contribution in [1.82, 2.24) is 9.13 Å². The average molecular weight is 428 g/mol. The summed E-state index contributed by atoms with van der Waals surface area (Å²) in [5.74, 6) is -0.624. The van der Waals surface area contributed by atoms with Gasteiger partial charge in [0.15, 0.2) is 0 Å². The summed E-state index contributed by atoms with van der Waals surface area (Å²) in [5.41, 5.74) is -1.51. The smallest absolute Gasteiger partial charge is 0.343 e. The Balaban J connectivity index is 2.01. The molecular weight excluding hydrogens is 412 g/mol. The molecule has 1 N–H and O–H groups in total. The first-order valence-corrected chi connectivity index (χ1v) is 9.48. The molecule has 32 heavy (non-hydrogen) atoms. The molecular formula is C23H16N4O5. The number of hydrogen-bond acceptors (Lipinski definition) is 6. The van der Waals surface area contributed by atoms with Gasteiger partial charge >= 0.3 is 5.69 Å². The van der Waals surface area contributed by atoms with Crippen molar-refractivity contribution in [2.45, 2.75) is 0 Å². The molecule has 158 valence electrons. The Morgan fingerprint density at radius 3 is 1.94 bits per heavy atom. The van der Waals surface area contributed by atoms with E-state index in [2.05, 4.69) is 4.99 Å². The predicted molar refractivity (Wildman–Crippen MR) is 120 cm³/mol. The minimum absolute atomic E-state index is 0.0000206. The molecule has 0 bridgehead atoms. The van der Waals surface area contributed by atoms with Gasteiger partial charge in [-0.05, 0) is 30.3 Å². The van der Waals surface area contributed by atoms with E-state index in [1.807, 2.05) is 0 Å². The largest absolute Gasteiger partial charge is 0.493 e. The molecule has 0 fully saturated rings. The van der Waals surface area contributed by atoms with Crippen molar-refractivity contribution >= 4 is 17.6 Å². The number of benzene rings is 3. The number of nitro groups is 1. The van der Waals surface area contributed by atoms with Gasteiger partial charge in [-0.15, -0.1) is 0 Å². The lowest BCUT2D eigenvalue weighted by Gasteiger charge is -2.14. The van der Waals surface area contributed by atoms with Crippen LogP contribution in [0.2, 0.25) is 0 Å². The number of para-hydroxylation sites is 4. The first-order valence-electron chi connectivity index (χ1n) is 9.48. The molecule has 0 atom stereocenters. The molecule has 0 saturated heterocycles. The van der Waals surface area contributed by atoms with Gasteiger partial charge in [-0.2, -0.15) is 0 Å². The Morgan fingerprint density at radius 1 is 0.812 bits per heavy atom. The van der Waals surface area contributed by atoms with Gasteiger partial charge in [0.1, 0.15) is 11.3 Å². The van der Waals surface area contributed by atoms with Crippen LogP contribution in [0.1, 0.15) is 5.56 Å². The van der Waals surface area contributed by atoms with E-state index < -0.39 is 22.1 Å². The lowest BCUT2D eigenvalue weighted by Crippen LogP contribution is -2.40. The zero-order valence-corrected chi connectivity index (χ0v) is 16.5. The second-order valence-corrected chi connectivity index (χ2v) is 6.67. The fourth-order valence-corrected chi connectivity index (χ4v) is 3.20. The van der Waals surface area contributed by atoms with Crippen LogP contribution in [0.3, 0.4) is 0 Å². The highest BCUT2D eigenvalue weighted by Gasteiger charge is 2.20. The number of rotatable bonds is 5. The molecule has 1 heterocycles. The lowest BCUT2D eigenvalue weighted by molar-refractivity contribution is -0.384. The maximum Gasteiger partial charge on any atom is 0.343 e. The van der Waals surface area contributed by atoms with Gasteiger partial charge in [-0.3, -0.25) is 14.9 Å². The Kier molecular flexibility index (Phi) is 5.45. The summed E-state index contributed by atoms with van der Waals surface area (Å²) in [7, 11) is 0. The van der Waals surface area contributed by atoms with Crippen LogP contribution in [-0.2, 0) is 0 Å². The lowest BCUT2D eigenvalue weighted by atomic mass is 10.2. The summed E-state index contributed by atoms with van der Waals surface area (Å²) in [6.45, 7) is 0. The number of aromatic nitrogens is 2. The van der Waals surface area contributed by atoms with Crippen molar-refractivity contribution in [2.24, 2.45) is 4.99 Å². The van der Waals surface area contributed by atoms with Crippen molar-refractivity contribution in [3.05, 3.63) is 121 Å². The molecule has 0 spiro atoms. The molecule has 9 heteroatoms. The van der Waals surface area contributed by atoms with E-state index >= 15 is 0 Å². The van der Waals surface area contributed by atoms with E-state index in [-0.39, 0.29) is 16.9 Å². The fraction of sp³-hybridized carbons (Fsp3) is 0. The van der Waals surface area contributed by atoms with E-state index in [1.54, 1.807) is 66.7 Å². The van der Waals surface area contributed by atoms with E-state index in [4.69, 9.17) is 0 Å². The molecule has 0 radical (unpaired) electrons. The molecule has 9 nitrogen and oxygen atoms in total. The Hall–Kier alpha value is -4.79. The maximum absolute atomic E-state index is 13.2. The van der Waals surface area contributed by atoms with Crippen LogP contribution in [0.25, 0.3) is 11.4 Å². The number of aromatic hydroxyl groups is 1. The number of nitro benzene ring substituents is 1. The van der Waals surface area contributed by atoms with Crippen molar-refractivity contribution in [1.29, 1.82) is 0 Å². The van der Waals surface area contributed by atoms with Gasteiger partial charge in [0, 0.05) is 12.3 Å². The zero-order chi connectivity index (χ0) is 22.7. The van der Waals surface area contributed by atoms with Crippen LogP contribution in [0, 0.1) is 10.1 Å². The topological polar surface area (TPSA) is 120 Å². The van der Waals surface area contributed by atoms with Crippen LogP contribution < -0.4 is 11.2 Å². The molecule has 0 saturated carbocycles. The molecule has 0 aliphatic heterocycles. The van der Waals surface area contributed by atoms with Crippen molar-refractivity contribution in [2.75, 3.05) is 0 Å². The van der Waals surface area contributed by atoms with Gasteiger partial charge in [0.2, 0.25) is 5.88 Å². The van der Waals surface area contributed by atoms with Gasteiger partial charge in [0.25, 0.3) is 11.2 Å². The Morgan fingerprint density at radius 2 is 1.34 bits per heavy atom. The molecule has 4 rings (SSSR count). The normalized spacial score (nSPS) is 11.0. The van der Waals surface area contributed by atoms with E-state index in [1.165, 1.54) is 18.2 Å². The fourth-order valence-electron chi connectivity index (χ4n) is 3.20. The summed E-state index contributed by atoms with van der Waals surface area (Å²) >= 11 is 0. The summed E-state index contributed by atoms with van der Waals surface area (Å²) < 4.78 is 1.89. The SMILES string of the molecule is O=c1c(C=Nc2ccccc2[N+](=O)[O-])c(O)n(-c2ccccc2)c(=O)n1-c1ccccc1. The standard InChI is InChI=1S/C23H16N4O5/c28-21-18(15-24-19-13-7-8-14-20(19)27(31)32)22(29)26(17-11-5-2-6-12-17)23(30)25(21)16-9-3-1-4-10-16/h1-15,28H. The molecule has 4 aromatic rings. The van der Waals surface area contributed by atoms with E-state index in [9.17, 15) is 24.8 Å². The third-order valence-corrected chi connectivity index (χ3v) is 4.71. The number of nitrogens with zero attached hydrogens (tertiary/aromatic N) is 4. The Bertz CT molecular complexity index is 1440. The third kappa shape index (κ3) is 3.70. The average Bonchev–Trinajstić information content (AvgIpc) is 2.80. The highest BCUT2D eigenvalue weighted by molar-refractivity contribution is 5.85. The quantitative estimate of drug-likeness (QED) is 0.297. The van der Waals surface area contributed by atoms with Crippen molar-refractivity contribution < 1.29 is 10.0 Å². The Labute approximate surface area is 180 Å². The van der Waals surface area contributed by atoms with Gasteiger partial charge < -0.3 is 5.11 Å². The molecule has 3 aromatic carbocycles. The summed E-state index contributed by atoms with van der Waals surface area (Å²) in [4.78, 5) is 41.1. The zero-order valence-electron chi connectivity index (χ0n) is 16.5. The molecule has 0 amide bonds. The molecule has 1 aromatic heterocycles. The second kappa shape index (κ2) is 8.52. The highest BCUT2D eigenvalue weighted by atomic mass is 16.6. The second-order valence-electron chi connectivity index (χ2n) is 6.67. The van der Waals surface area contributed by atoms with Crippen LogP contribution in [0.5, 0.6) is 5.88 Å². The monoisotopic (exact) mass is 428 g/mol. The minimum atomic E-state index is -0.812. The van der Waals surface area contributed by atoms with E-state index in [0.717, 1.165) is 15.3 Å². The van der Waals surface area contributed by atoms with Gasteiger partial charge in [-0.1, -0.05) is 48.5 Å². The van der Waals surface area contributed by atoms with Crippen LogP contribution in [0.15, 0.2) is 99.5 Å². The van der Waals surface area contributed by atoms with Crippen LogP contribution in [0.4, 0.5) is 11.4 Å². The van der Waals surface area contributed by atoms with Gasteiger partial charge in [-0.25, -0.2) is 18.9 Å². The van der Waals surface area contributed by atoms with Gasteiger partial charge in [0.05, 0.1) is 16.3 Å². The summed E-state index contributed by atoms with van der Waals surface area (Å²) in [6, 6.07) is 22.3. The third-order valence-electron chi connectivity index (χ3n) is 4.71.